The maximum absolute atomic E-state index is 12.8. The van der Waals surface area contributed by atoms with Crippen molar-refractivity contribution in [2.24, 2.45) is 0 Å². The van der Waals surface area contributed by atoms with Gasteiger partial charge in [0.2, 0.25) is 0 Å². The van der Waals surface area contributed by atoms with Gasteiger partial charge in [-0.1, -0.05) is 237 Å². The second-order valence-corrected chi connectivity index (χ2v) is 19.2. The molecule has 0 aliphatic rings. The van der Waals surface area contributed by atoms with Crippen molar-refractivity contribution in [2.75, 3.05) is 13.2 Å². The van der Waals surface area contributed by atoms with E-state index in [1.807, 2.05) is 0 Å². The Morgan fingerprint density at radius 2 is 0.527 bits per heavy atom. The van der Waals surface area contributed by atoms with Crippen molar-refractivity contribution in [3.05, 3.63) is 146 Å². The van der Waals surface area contributed by atoms with Gasteiger partial charge in [0.1, 0.15) is 13.2 Å². The van der Waals surface area contributed by atoms with E-state index in [-0.39, 0.29) is 31.1 Å². The van der Waals surface area contributed by atoms with E-state index in [9.17, 15) is 14.4 Å². The third-order valence-corrected chi connectivity index (χ3v) is 12.0. The molecular formula is C68H108O6. The summed E-state index contributed by atoms with van der Waals surface area (Å²) in [6.07, 6.45) is 87.0. The first-order valence-electron chi connectivity index (χ1n) is 29.8. The van der Waals surface area contributed by atoms with Crippen LogP contribution in [0.2, 0.25) is 0 Å². The number of carbonyl (C=O) groups excluding carboxylic acids is 3. The minimum absolute atomic E-state index is 0.104. The van der Waals surface area contributed by atoms with Crippen LogP contribution in [0, 0.1) is 0 Å². The Bertz CT molecular complexity index is 1640. The van der Waals surface area contributed by atoms with Gasteiger partial charge in [-0.05, 0) is 135 Å². The molecule has 0 saturated carbocycles. The van der Waals surface area contributed by atoms with E-state index in [2.05, 4.69) is 167 Å². The largest absolute Gasteiger partial charge is 0.462 e. The quantitative estimate of drug-likeness (QED) is 0.0261. The summed E-state index contributed by atoms with van der Waals surface area (Å²) in [5.74, 6) is -0.968. The summed E-state index contributed by atoms with van der Waals surface area (Å²) in [6, 6.07) is 0. The van der Waals surface area contributed by atoms with Gasteiger partial charge in [0.15, 0.2) is 6.10 Å². The molecule has 0 saturated heterocycles. The molecule has 416 valence electrons. The molecule has 0 rings (SSSR count). The van der Waals surface area contributed by atoms with E-state index in [0.717, 1.165) is 161 Å². The van der Waals surface area contributed by atoms with Crippen LogP contribution in [0.15, 0.2) is 146 Å². The first-order chi connectivity index (χ1) is 36.5. The van der Waals surface area contributed by atoms with Gasteiger partial charge in [-0.25, -0.2) is 0 Å². The highest BCUT2D eigenvalue weighted by atomic mass is 16.6. The Hall–Kier alpha value is -4.71. The number of esters is 3. The summed E-state index contributed by atoms with van der Waals surface area (Å²) in [6.45, 7) is 6.38. The van der Waals surface area contributed by atoms with Gasteiger partial charge >= 0.3 is 17.9 Å². The van der Waals surface area contributed by atoms with Crippen molar-refractivity contribution < 1.29 is 28.6 Å². The van der Waals surface area contributed by atoms with E-state index in [1.165, 1.54) is 44.9 Å². The molecule has 0 aliphatic heterocycles. The number of allylic oxidation sites excluding steroid dienone is 24. The smallest absolute Gasteiger partial charge is 0.306 e. The lowest BCUT2D eigenvalue weighted by Crippen LogP contribution is -2.30. The number of carbonyl (C=O) groups is 3. The van der Waals surface area contributed by atoms with Gasteiger partial charge in [-0.15, -0.1) is 0 Å². The van der Waals surface area contributed by atoms with Crippen LogP contribution in [-0.4, -0.2) is 37.2 Å². The van der Waals surface area contributed by atoms with Crippen molar-refractivity contribution >= 4 is 17.9 Å². The average Bonchev–Trinajstić information content (AvgIpc) is 3.40. The zero-order valence-corrected chi connectivity index (χ0v) is 47.5. The highest BCUT2D eigenvalue weighted by molar-refractivity contribution is 5.71. The Labute approximate surface area is 455 Å². The molecule has 1 atom stereocenters. The van der Waals surface area contributed by atoms with Gasteiger partial charge in [-0.2, -0.15) is 0 Å². The summed E-state index contributed by atoms with van der Waals surface area (Å²) in [5.41, 5.74) is 0. The topological polar surface area (TPSA) is 78.9 Å². The number of hydrogen-bond acceptors (Lipinski definition) is 6. The lowest BCUT2D eigenvalue weighted by Gasteiger charge is -2.18. The standard InChI is InChI=1S/C68H108O6/c1-4-7-10-13-16-19-22-24-26-27-28-29-30-31-32-33-34-35-36-37-38-39-40-41-42-44-46-49-52-55-58-61-67(70)73-64-65(63-72-66(69)60-57-54-51-48-45-21-18-15-12-9-6-3)74-68(71)62-59-56-53-50-47-43-25-23-20-17-14-11-8-5-2/h7,10,14-19,23-26,28-29,31-32,34-35,37-38,40-41,44,46,65H,4-6,8-9,11-13,20-22,27,30,33,36,39,42-43,45,47-64H2,1-3H3/b10-7-,17-14-,18-15-,19-16-,25-23-,26-24-,29-28-,32-31-,35-34-,38-37-,41-40-,46-44-. The molecule has 0 N–H and O–H groups in total. The minimum atomic E-state index is -0.808. The molecule has 0 aromatic rings. The molecule has 0 heterocycles. The second-order valence-electron chi connectivity index (χ2n) is 19.2. The molecule has 0 aromatic heterocycles. The van der Waals surface area contributed by atoms with E-state index in [4.69, 9.17) is 14.2 Å². The summed E-state index contributed by atoms with van der Waals surface area (Å²) >= 11 is 0. The first kappa shape index (κ1) is 69.3. The molecule has 6 heteroatoms. The zero-order valence-electron chi connectivity index (χ0n) is 47.5. The number of rotatable bonds is 52. The predicted molar refractivity (Wildman–Crippen MR) is 320 cm³/mol. The lowest BCUT2D eigenvalue weighted by atomic mass is 10.1. The highest BCUT2D eigenvalue weighted by Crippen LogP contribution is 2.13. The van der Waals surface area contributed by atoms with E-state index in [0.29, 0.717) is 19.3 Å². The first-order valence-corrected chi connectivity index (χ1v) is 29.8. The fourth-order valence-corrected chi connectivity index (χ4v) is 7.55. The Morgan fingerprint density at radius 3 is 0.851 bits per heavy atom. The van der Waals surface area contributed by atoms with E-state index < -0.39 is 6.10 Å². The van der Waals surface area contributed by atoms with Gasteiger partial charge in [0.25, 0.3) is 0 Å². The Kier molecular flexibility index (Phi) is 57.0. The van der Waals surface area contributed by atoms with Crippen molar-refractivity contribution in [2.45, 2.75) is 252 Å². The van der Waals surface area contributed by atoms with Gasteiger partial charge in [-0.3, -0.25) is 14.4 Å². The normalized spacial score (nSPS) is 13.2. The third-order valence-electron chi connectivity index (χ3n) is 12.0. The minimum Gasteiger partial charge on any atom is -0.462 e. The fraction of sp³-hybridized carbons (Fsp3) is 0.603. The SMILES string of the molecule is CC/C=C\C/C=C\C/C=C\C/C=C\C/C=C\C/C=C\C/C=C\C/C=C\C/C=C\CCCCCC(=O)OCC(COC(=O)CCCCCCC/C=C\CCCC)OC(=O)CCCCCCC/C=C\C/C=C\CCCC. The van der Waals surface area contributed by atoms with Gasteiger partial charge in [0.05, 0.1) is 0 Å². The van der Waals surface area contributed by atoms with Crippen LogP contribution in [0.1, 0.15) is 245 Å². The average molecular weight is 1020 g/mol. The number of ether oxygens (including phenoxy) is 3. The molecule has 0 amide bonds. The highest BCUT2D eigenvalue weighted by Gasteiger charge is 2.19. The number of unbranched alkanes of at least 4 members (excludes halogenated alkanes) is 17. The van der Waals surface area contributed by atoms with Crippen molar-refractivity contribution in [1.29, 1.82) is 0 Å². The van der Waals surface area contributed by atoms with Crippen LogP contribution in [0.4, 0.5) is 0 Å². The molecular weight excluding hydrogens is 913 g/mol. The Balaban J connectivity index is 4.36. The predicted octanol–water partition coefficient (Wildman–Crippen LogP) is 20.4. The van der Waals surface area contributed by atoms with Crippen molar-refractivity contribution in [3.63, 3.8) is 0 Å². The zero-order chi connectivity index (χ0) is 53.6. The molecule has 74 heavy (non-hydrogen) atoms. The van der Waals surface area contributed by atoms with Crippen LogP contribution in [0.25, 0.3) is 0 Å². The number of hydrogen-bond donors (Lipinski definition) is 0. The van der Waals surface area contributed by atoms with Crippen LogP contribution in [0.3, 0.4) is 0 Å². The maximum atomic E-state index is 12.8. The molecule has 0 fully saturated rings. The maximum Gasteiger partial charge on any atom is 0.306 e. The molecule has 0 spiro atoms. The second kappa shape index (κ2) is 60.8. The van der Waals surface area contributed by atoms with Crippen LogP contribution < -0.4 is 0 Å². The Morgan fingerprint density at radius 1 is 0.284 bits per heavy atom. The summed E-state index contributed by atoms with van der Waals surface area (Å²) in [7, 11) is 0. The van der Waals surface area contributed by atoms with E-state index >= 15 is 0 Å². The molecule has 0 bridgehead atoms. The lowest BCUT2D eigenvalue weighted by molar-refractivity contribution is -0.167. The van der Waals surface area contributed by atoms with E-state index in [1.54, 1.807) is 0 Å². The third kappa shape index (κ3) is 58.2. The van der Waals surface area contributed by atoms with Crippen molar-refractivity contribution in [3.8, 4) is 0 Å². The summed E-state index contributed by atoms with van der Waals surface area (Å²) in [4.78, 5) is 38.1. The molecule has 1 unspecified atom stereocenters. The monoisotopic (exact) mass is 1020 g/mol. The van der Waals surface area contributed by atoms with Gasteiger partial charge in [0, 0.05) is 19.3 Å². The fourth-order valence-electron chi connectivity index (χ4n) is 7.55. The molecule has 0 aliphatic carbocycles. The van der Waals surface area contributed by atoms with Gasteiger partial charge < -0.3 is 14.2 Å². The van der Waals surface area contributed by atoms with Crippen molar-refractivity contribution in [1.82, 2.24) is 0 Å². The molecule has 0 radical (unpaired) electrons. The molecule has 0 aromatic carbocycles. The molecule has 6 nitrogen and oxygen atoms in total. The summed E-state index contributed by atoms with van der Waals surface area (Å²) in [5, 5.41) is 0. The van der Waals surface area contributed by atoms with Crippen LogP contribution >= 0.6 is 0 Å². The summed E-state index contributed by atoms with van der Waals surface area (Å²) < 4.78 is 16.8. The van der Waals surface area contributed by atoms with Crippen LogP contribution in [0.5, 0.6) is 0 Å². The van der Waals surface area contributed by atoms with Crippen LogP contribution in [-0.2, 0) is 28.6 Å².